The lowest BCUT2D eigenvalue weighted by Crippen LogP contribution is -2.14. The van der Waals surface area contributed by atoms with Crippen LogP contribution >= 0.6 is 34.7 Å². The molecular weight excluding hydrogens is 366 g/mol. The third-order valence-electron chi connectivity index (χ3n) is 3.49. The molecule has 0 saturated heterocycles. The average molecular weight is 376 g/mol. The molecule has 0 amide bonds. The van der Waals surface area contributed by atoms with Gasteiger partial charge in [-0.1, -0.05) is 35.3 Å². The molecule has 0 saturated carbocycles. The Morgan fingerprint density at radius 2 is 2.04 bits per heavy atom. The van der Waals surface area contributed by atoms with Crippen molar-refractivity contribution in [3.8, 4) is 16.3 Å². The molecule has 0 unspecified atom stereocenters. The maximum Gasteiger partial charge on any atom is 0.268 e. The number of aromatic hydroxyl groups is 1. The van der Waals surface area contributed by atoms with Crippen LogP contribution in [0.3, 0.4) is 0 Å². The molecule has 4 aromatic rings. The van der Waals surface area contributed by atoms with Crippen molar-refractivity contribution in [1.29, 1.82) is 0 Å². The summed E-state index contributed by atoms with van der Waals surface area (Å²) in [5.74, 6) is 0.629. The van der Waals surface area contributed by atoms with Crippen molar-refractivity contribution in [2.24, 2.45) is 0 Å². The van der Waals surface area contributed by atoms with E-state index in [1.165, 1.54) is 29.1 Å². The van der Waals surface area contributed by atoms with Gasteiger partial charge in [-0.05, 0) is 41.9 Å². The standard InChI is InChI=1S/C16H10ClN3O2S2/c17-9-5-6-12(21)11(7-9)15-18-14(19-23-15)8-20-16(22)10-3-1-2-4-13(10)24-20/h1-7,21H,8H2. The minimum Gasteiger partial charge on any atom is -0.507 e. The van der Waals surface area contributed by atoms with Crippen molar-refractivity contribution in [3.63, 3.8) is 0 Å². The Morgan fingerprint density at radius 1 is 1.21 bits per heavy atom. The van der Waals surface area contributed by atoms with Crippen LogP contribution in [0, 0.1) is 0 Å². The zero-order chi connectivity index (χ0) is 16.7. The Hall–Kier alpha value is -2.22. The van der Waals surface area contributed by atoms with Gasteiger partial charge in [0.05, 0.1) is 22.2 Å². The van der Waals surface area contributed by atoms with Crippen LogP contribution in [0.15, 0.2) is 47.3 Å². The molecule has 2 aromatic carbocycles. The average Bonchev–Trinajstić information content (AvgIpc) is 3.16. The smallest absolute Gasteiger partial charge is 0.268 e. The van der Waals surface area contributed by atoms with E-state index < -0.39 is 0 Å². The molecule has 1 N–H and O–H groups in total. The van der Waals surface area contributed by atoms with Crippen LogP contribution in [0.1, 0.15) is 5.82 Å². The summed E-state index contributed by atoms with van der Waals surface area (Å²) in [5.41, 5.74) is 0.493. The quantitative estimate of drug-likeness (QED) is 0.588. The molecule has 2 heterocycles. The van der Waals surface area contributed by atoms with Gasteiger partial charge in [-0.25, -0.2) is 4.98 Å². The Bertz CT molecular complexity index is 1100. The number of hydrogen-bond donors (Lipinski definition) is 1. The van der Waals surface area contributed by atoms with Crippen molar-refractivity contribution in [1.82, 2.24) is 13.3 Å². The van der Waals surface area contributed by atoms with E-state index in [2.05, 4.69) is 9.36 Å². The molecule has 2 aromatic heterocycles. The lowest BCUT2D eigenvalue weighted by Gasteiger charge is -2.00. The van der Waals surface area contributed by atoms with Gasteiger partial charge in [-0.2, -0.15) is 4.37 Å². The van der Waals surface area contributed by atoms with Crippen molar-refractivity contribution >= 4 is 44.8 Å². The van der Waals surface area contributed by atoms with Crippen LogP contribution in [-0.4, -0.2) is 18.4 Å². The van der Waals surface area contributed by atoms with Gasteiger partial charge < -0.3 is 5.11 Å². The molecule has 0 aliphatic rings. The second kappa shape index (κ2) is 6.01. The molecule has 5 nitrogen and oxygen atoms in total. The normalized spacial score (nSPS) is 11.2. The first kappa shape index (κ1) is 15.3. The van der Waals surface area contributed by atoms with Crippen LogP contribution in [0.25, 0.3) is 20.7 Å². The van der Waals surface area contributed by atoms with Gasteiger partial charge in [0.1, 0.15) is 10.8 Å². The number of phenolic OH excluding ortho intramolecular Hbond substituents is 1. The number of aromatic nitrogens is 3. The number of rotatable bonds is 3. The Kier molecular flexibility index (Phi) is 3.84. The Balaban J connectivity index is 1.69. The molecule has 0 atom stereocenters. The van der Waals surface area contributed by atoms with Crippen molar-refractivity contribution in [2.45, 2.75) is 6.54 Å². The Labute approximate surface area is 149 Å². The summed E-state index contributed by atoms with van der Waals surface area (Å²) in [7, 11) is 0. The van der Waals surface area contributed by atoms with E-state index in [1.54, 1.807) is 16.1 Å². The summed E-state index contributed by atoms with van der Waals surface area (Å²) >= 11 is 8.53. The number of benzene rings is 2. The number of fused-ring (bicyclic) bond motifs is 1. The van der Waals surface area contributed by atoms with Crippen LogP contribution in [0.5, 0.6) is 5.75 Å². The number of hydrogen-bond acceptors (Lipinski definition) is 6. The van der Waals surface area contributed by atoms with Gasteiger partial charge in [0.25, 0.3) is 5.56 Å². The van der Waals surface area contributed by atoms with Crippen molar-refractivity contribution in [3.05, 3.63) is 63.7 Å². The summed E-state index contributed by atoms with van der Waals surface area (Å²) < 4.78 is 6.86. The van der Waals surface area contributed by atoms with Gasteiger partial charge in [0.2, 0.25) is 0 Å². The summed E-state index contributed by atoms with van der Waals surface area (Å²) in [6, 6.07) is 12.3. The third-order valence-corrected chi connectivity index (χ3v) is 5.58. The van der Waals surface area contributed by atoms with Gasteiger partial charge in [-0.3, -0.25) is 8.75 Å². The van der Waals surface area contributed by atoms with E-state index in [0.29, 0.717) is 33.3 Å². The van der Waals surface area contributed by atoms with Gasteiger partial charge in [0.15, 0.2) is 5.82 Å². The largest absolute Gasteiger partial charge is 0.507 e. The fourth-order valence-electron chi connectivity index (χ4n) is 2.36. The second-order valence-corrected chi connectivity index (χ2v) is 7.36. The second-order valence-electron chi connectivity index (χ2n) is 5.11. The number of nitrogens with zero attached hydrogens (tertiary/aromatic N) is 3. The SMILES string of the molecule is O=c1c2ccccc2sn1Cc1nsc(-c2cc(Cl)ccc2O)n1. The summed E-state index contributed by atoms with van der Waals surface area (Å²) in [6.45, 7) is 0.302. The summed E-state index contributed by atoms with van der Waals surface area (Å²) in [6.07, 6.45) is 0. The minimum absolute atomic E-state index is 0.0439. The first-order valence-electron chi connectivity index (χ1n) is 7.02. The third kappa shape index (κ3) is 2.71. The van der Waals surface area contributed by atoms with Crippen LogP contribution in [0.2, 0.25) is 5.02 Å². The lowest BCUT2D eigenvalue weighted by molar-refractivity contribution is 0.477. The van der Waals surface area contributed by atoms with Crippen LogP contribution in [-0.2, 0) is 6.54 Å². The predicted octanol–water partition coefficient (Wildman–Crippen LogP) is 3.99. The molecular formula is C16H10ClN3O2S2. The fraction of sp³-hybridized carbons (Fsp3) is 0.0625. The first-order chi connectivity index (χ1) is 11.6. The minimum atomic E-state index is -0.0439. The lowest BCUT2D eigenvalue weighted by atomic mass is 10.2. The zero-order valence-corrected chi connectivity index (χ0v) is 14.5. The first-order valence-corrected chi connectivity index (χ1v) is 8.94. The van der Waals surface area contributed by atoms with E-state index in [0.717, 1.165) is 4.70 Å². The monoisotopic (exact) mass is 375 g/mol. The molecule has 0 aliphatic carbocycles. The Morgan fingerprint density at radius 3 is 2.88 bits per heavy atom. The predicted molar refractivity (Wildman–Crippen MR) is 97.2 cm³/mol. The molecule has 8 heteroatoms. The summed E-state index contributed by atoms with van der Waals surface area (Å²) in [5, 5.41) is 11.7. The van der Waals surface area contributed by atoms with Gasteiger partial charge in [0, 0.05) is 5.02 Å². The van der Waals surface area contributed by atoms with E-state index in [9.17, 15) is 9.90 Å². The highest BCUT2D eigenvalue weighted by molar-refractivity contribution is 7.13. The van der Waals surface area contributed by atoms with E-state index >= 15 is 0 Å². The number of phenols is 1. The molecule has 24 heavy (non-hydrogen) atoms. The van der Waals surface area contributed by atoms with Crippen LogP contribution < -0.4 is 5.56 Å². The molecule has 0 aliphatic heterocycles. The molecule has 120 valence electrons. The van der Waals surface area contributed by atoms with Crippen molar-refractivity contribution in [2.75, 3.05) is 0 Å². The maximum absolute atomic E-state index is 12.4. The number of halogens is 1. The van der Waals surface area contributed by atoms with Gasteiger partial charge in [-0.15, -0.1) is 0 Å². The van der Waals surface area contributed by atoms with E-state index in [-0.39, 0.29) is 11.3 Å². The molecule has 0 fully saturated rings. The van der Waals surface area contributed by atoms with Crippen LogP contribution in [0.4, 0.5) is 0 Å². The maximum atomic E-state index is 12.4. The molecule has 0 radical (unpaired) electrons. The molecule has 4 rings (SSSR count). The zero-order valence-electron chi connectivity index (χ0n) is 12.1. The topological polar surface area (TPSA) is 68.0 Å². The molecule has 0 spiro atoms. The molecule has 0 bridgehead atoms. The summed E-state index contributed by atoms with van der Waals surface area (Å²) in [4.78, 5) is 16.8. The highest BCUT2D eigenvalue weighted by atomic mass is 35.5. The highest BCUT2D eigenvalue weighted by Gasteiger charge is 2.14. The fourth-order valence-corrected chi connectivity index (χ4v) is 4.22. The van der Waals surface area contributed by atoms with E-state index in [1.807, 2.05) is 24.3 Å². The van der Waals surface area contributed by atoms with E-state index in [4.69, 9.17) is 11.6 Å². The highest BCUT2D eigenvalue weighted by Crippen LogP contribution is 2.32. The van der Waals surface area contributed by atoms with Crippen molar-refractivity contribution < 1.29 is 5.11 Å². The van der Waals surface area contributed by atoms with Gasteiger partial charge >= 0.3 is 0 Å².